The van der Waals surface area contributed by atoms with Crippen molar-refractivity contribution in [1.82, 2.24) is 5.32 Å². The fourth-order valence-corrected chi connectivity index (χ4v) is 4.89. The number of rotatable bonds is 6. The van der Waals surface area contributed by atoms with Crippen LogP contribution in [0.5, 0.6) is 0 Å². The first-order valence-corrected chi connectivity index (χ1v) is 12.4. The Morgan fingerprint density at radius 3 is 2.58 bits per heavy atom. The number of aliphatic imine (C=N–C) groups is 1. The minimum absolute atomic E-state index is 0.0194. The molecule has 0 spiro atoms. The number of halogens is 1. The van der Waals surface area contributed by atoms with Crippen LogP contribution in [0.3, 0.4) is 0 Å². The van der Waals surface area contributed by atoms with Crippen molar-refractivity contribution in [2.24, 2.45) is 10.9 Å². The molecule has 174 valence electrons. The minimum Gasteiger partial charge on any atom is -0.352 e. The number of amides is 2. The van der Waals surface area contributed by atoms with E-state index in [-0.39, 0.29) is 30.3 Å². The van der Waals surface area contributed by atoms with E-state index in [2.05, 4.69) is 12.2 Å². The average molecular weight is 466 g/mol. The standard InChI is InChI=1S/C27H32ClN3O2/c1-3-18(2)25-27(33)31(17-24(32)29-21-12-8-5-9-13-21)23-15-14-20(28)16-22(23)26(30-25)19-10-6-4-7-11-19/h4,6-7,10-11,14-16,18,21,25H,3,5,8-9,12-13,17H2,1-2H3,(H,29,32). The molecule has 4 rings (SSSR count). The van der Waals surface area contributed by atoms with Crippen molar-refractivity contribution >= 4 is 34.8 Å². The summed E-state index contributed by atoms with van der Waals surface area (Å²) in [5.74, 6) is -0.232. The summed E-state index contributed by atoms with van der Waals surface area (Å²) in [4.78, 5) is 33.4. The Kier molecular flexibility index (Phi) is 7.49. The molecule has 1 aliphatic heterocycles. The lowest BCUT2D eigenvalue weighted by molar-refractivity contribution is -0.125. The molecule has 1 saturated carbocycles. The first-order chi connectivity index (χ1) is 16.0. The summed E-state index contributed by atoms with van der Waals surface area (Å²) in [6.45, 7) is 4.08. The molecule has 0 saturated heterocycles. The number of nitrogens with one attached hydrogen (secondary N) is 1. The quantitative estimate of drug-likeness (QED) is 0.621. The van der Waals surface area contributed by atoms with Crippen LogP contribution >= 0.6 is 11.6 Å². The second-order valence-corrected chi connectivity index (χ2v) is 9.60. The van der Waals surface area contributed by atoms with E-state index in [0.717, 1.165) is 48.9 Å². The van der Waals surface area contributed by atoms with Gasteiger partial charge in [-0.25, -0.2) is 0 Å². The second-order valence-electron chi connectivity index (χ2n) is 9.16. The van der Waals surface area contributed by atoms with E-state index in [4.69, 9.17) is 16.6 Å². The Morgan fingerprint density at radius 2 is 1.88 bits per heavy atom. The third-order valence-corrected chi connectivity index (χ3v) is 7.03. The molecule has 2 unspecified atom stereocenters. The molecule has 0 aromatic heterocycles. The fourth-order valence-electron chi connectivity index (χ4n) is 4.72. The summed E-state index contributed by atoms with van der Waals surface area (Å²) in [6, 6.07) is 14.9. The number of fused-ring (bicyclic) bond motifs is 1. The van der Waals surface area contributed by atoms with Crippen molar-refractivity contribution in [2.75, 3.05) is 11.4 Å². The van der Waals surface area contributed by atoms with E-state index in [1.807, 2.05) is 49.4 Å². The van der Waals surface area contributed by atoms with Crippen molar-refractivity contribution < 1.29 is 9.59 Å². The molecule has 1 heterocycles. The van der Waals surface area contributed by atoms with E-state index in [9.17, 15) is 9.59 Å². The third-order valence-electron chi connectivity index (χ3n) is 6.79. The average Bonchev–Trinajstić information content (AvgIpc) is 2.94. The number of anilines is 1. The number of carbonyl (C=O) groups is 2. The SMILES string of the molecule is CCC(C)C1N=C(c2ccccc2)c2cc(Cl)ccc2N(CC(=O)NC2CCCCC2)C1=O. The highest BCUT2D eigenvalue weighted by atomic mass is 35.5. The van der Waals surface area contributed by atoms with Crippen molar-refractivity contribution in [2.45, 2.75) is 64.5 Å². The number of benzodiazepines with no additional fused rings is 1. The van der Waals surface area contributed by atoms with E-state index in [0.29, 0.717) is 10.7 Å². The molecule has 0 bridgehead atoms. The van der Waals surface area contributed by atoms with Crippen molar-refractivity contribution in [3.63, 3.8) is 0 Å². The van der Waals surface area contributed by atoms with E-state index in [1.54, 1.807) is 11.0 Å². The van der Waals surface area contributed by atoms with Gasteiger partial charge in [-0.1, -0.05) is 81.5 Å². The maximum Gasteiger partial charge on any atom is 0.252 e. The molecule has 5 nitrogen and oxygen atoms in total. The molecular weight excluding hydrogens is 434 g/mol. The Balaban J connectivity index is 1.74. The Morgan fingerprint density at radius 1 is 1.15 bits per heavy atom. The number of benzene rings is 2. The van der Waals surface area contributed by atoms with Crippen molar-refractivity contribution in [1.29, 1.82) is 0 Å². The normalized spacial score (nSPS) is 20.0. The highest BCUT2D eigenvalue weighted by Crippen LogP contribution is 2.33. The van der Waals surface area contributed by atoms with Crippen molar-refractivity contribution in [3.8, 4) is 0 Å². The summed E-state index contributed by atoms with van der Waals surface area (Å²) in [5, 5.41) is 3.72. The van der Waals surface area contributed by atoms with Gasteiger partial charge in [0.05, 0.1) is 11.4 Å². The largest absolute Gasteiger partial charge is 0.352 e. The maximum atomic E-state index is 13.8. The monoisotopic (exact) mass is 465 g/mol. The molecule has 2 amide bonds. The smallest absolute Gasteiger partial charge is 0.252 e. The zero-order valence-corrected chi connectivity index (χ0v) is 20.1. The highest BCUT2D eigenvalue weighted by Gasteiger charge is 2.36. The Bertz CT molecular complexity index is 1030. The third kappa shape index (κ3) is 5.30. The number of hydrogen-bond donors (Lipinski definition) is 1. The molecule has 2 atom stereocenters. The van der Waals surface area contributed by atoms with Gasteiger partial charge in [0.2, 0.25) is 5.91 Å². The number of carbonyl (C=O) groups excluding carboxylic acids is 2. The van der Waals surface area contributed by atoms with Crippen LogP contribution in [0.2, 0.25) is 5.02 Å². The Hall–Kier alpha value is -2.66. The lowest BCUT2D eigenvalue weighted by atomic mass is 9.95. The van der Waals surface area contributed by atoms with Gasteiger partial charge in [-0.3, -0.25) is 14.6 Å². The van der Waals surface area contributed by atoms with Crippen LogP contribution in [-0.4, -0.2) is 36.2 Å². The van der Waals surface area contributed by atoms with Crippen LogP contribution in [0.1, 0.15) is 63.5 Å². The van der Waals surface area contributed by atoms with E-state index >= 15 is 0 Å². The minimum atomic E-state index is -0.570. The highest BCUT2D eigenvalue weighted by molar-refractivity contribution is 6.32. The van der Waals surface area contributed by atoms with Crippen LogP contribution in [0.25, 0.3) is 0 Å². The van der Waals surface area contributed by atoms with Gasteiger partial charge in [-0.15, -0.1) is 0 Å². The van der Waals surface area contributed by atoms with E-state index < -0.39 is 6.04 Å². The topological polar surface area (TPSA) is 61.8 Å². The lowest BCUT2D eigenvalue weighted by Gasteiger charge is -2.28. The van der Waals surface area contributed by atoms with Crippen LogP contribution in [0.4, 0.5) is 5.69 Å². The summed E-state index contributed by atoms with van der Waals surface area (Å²) < 4.78 is 0. The van der Waals surface area contributed by atoms with E-state index in [1.165, 1.54) is 6.42 Å². The number of nitrogens with zero attached hydrogens (tertiary/aromatic N) is 2. The van der Waals surface area contributed by atoms with Gasteiger partial charge in [-0.2, -0.15) is 0 Å². The number of hydrogen-bond acceptors (Lipinski definition) is 3. The van der Waals surface area contributed by atoms with Gasteiger partial charge in [0.1, 0.15) is 12.6 Å². The fraction of sp³-hybridized carbons (Fsp3) is 0.444. The zero-order valence-electron chi connectivity index (χ0n) is 19.4. The van der Waals surface area contributed by atoms with Crippen molar-refractivity contribution in [3.05, 3.63) is 64.7 Å². The molecule has 2 aromatic rings. The summed E-state index contributed by atoms with van der Waals surface area (Å²) in [5.41, 5.74) is 3.12. The van der Waals surface area contributed by atoms with Crippen LogP contribution < -0.4 is 10.2 Å². The summed E-state index contributed by atoms with van der Waals surface area (Å²) in [6.07, 6.45) is 6.31. The van der Waals surface area contributed by atoms with Gasteiger partial charge < -0.3 is 10.2 Å². The molecule has 1 aliphatic carbocycles. The maximum absolute atomic E-state index is 13.8. The van der Waals surface area contributed by atoms with Crippen LogP contribution in [-0.2, 0) is 9.59 Å². The van der Waals surface area contributed by atoms with Gasteiger partial charge in [0, 0.05) is 22.2 Å². The summed E-state index contributed by atoms with van der Waals surface area (Å²) >= 11 is 6.39. The molecule has 1 fully saturated rings. The van der Waals surface area contributed by atoms with Crippen LogP contribution in [0.15, 0.2) is 53.5 Å². The molecule has 6 heteroatoms. The van der Waals surface area contributed by atoms with Gasteiger partial charge in [-0.05, 0) is 37.0 Å². The first kappa shape index (κ1) is 23.5. The lowest BCUT2D eigenvalue weighted by Crippen LogP contribution is -2.48. The van der Waals surface area contributed by atoms with Gasteiger partial charge in [0.25, 0.3) is 5.91 Å². The predicted molar refractivity (Wildman–Crippen MR) is 134 cm³/mol. The molecule has 2 aliphatic rings. The molecule has 1 N–H and O–H groups in total. The Labute approximate surface area is 201 Å². The van der Waals surface area contributed by atoms with Gasteiger partial charge >= 0.3 is 0 Å². The molecular formula is C27H32ClN3O2. The summed E-state index contributed by atoms with van der Waals surface area (Å²) in [7, 11) is 0. The first-order valence-electron chi connectivity index (χ1n) is 12.0. The second kappa shape index (κ2) is 10.5. The molecule has 2 aromatic carbocycles. The van der Waals surface area contributed by atoms with Crippen LogP contribution in [0, 0.1) is 5.92 Å². The zero-order chi connectivity index (χ0) is 23.4. The molecule has 0 radical (unpaired) electrons. The van der Waals surface area contributed by atoms with Gasteiger partial charge in [0.15, 0.2) is 0 Å². The predicted octanol–water partition coefficient (Wildman–Crippen LogP) is 5.39. The molecule has 33 heavy (non-hydrogen) atoms.